The Morgan fingerprint density at radius 2 is 2.09 bits per heavy atom. The van der Waals surface area contributed by atoms with Gasteiger partial charge in [0, 0.05) is 13.0 Å². The van der Waals surface area contributed by atoms with Crippen molar-refractivity contribution in [2.45, 2.75) is 44.6 Å². The molecule has 122 valence electrons. The highest BCUT2D eigenvalue weighted by molar-refractivity contribution is 5.65. The third kappa shape index (κ3) is 3.88. The Morgan fingerprint density at radius 3 is 2.87 bits per heavy atom. The van der Waals surface area contributed by atoms with E-state index in [0.29, 0.717) is 24.7 Å². The summed E-state index contributed by atoms with van der Waals surface area (Å²) in [7, 11) is 0. The summed E-state index contributed by atoms with van der Waals surface area (Å²) >= 11 is 0. The van der Waals surface area contributed by atoms with Gasteiger partial charge in [-0.15, -0.1) is 0 Å². The third-order valence-electron chi connectivity index (χ3n) is 4.23. The van der Waals surface area contributed by atoms with Crippen LogP contribution in [0.1, 0.15) is 49.0 Å². The summed E-state index contributed by atoms with van der Waals surface area (Å²) in [5.74, 6) is 1.09. The Kier molecular flexibility index (Phi) is 4.90. The van der Waals surface area contributed by atoms with Gasteiger partial charge in [0.15, 0.2) is 5.82 Å². The summed E-state index contributed by atoms with van der Waals surface area (Å²) in [4.78, 5) is 17.1. The smallest absolute Gasteiger partial charge is 0.407 e. The van der Waals surface area contributed by atoms with Gasteiger partial charge in [-0.2, -0.15) is 4.98 Å². The van der Waals surface area contributed by atoms with E-state index in [0.717, 1.165) is 32.1 Å². The normalized spacial score (nSPS) is 18.1. The SMILES string of the molecule is O=C(O)N1CCCCC1c1noc(CCCc2ccccc2)n1. The first-order valence-corrected chi connectivity index (χ1v) is 8.10. The molecule has 6 nitrogen and oxygen atoms in total. The first-order valence-electron chi connectivity index (χ1n) is 8.10. The van der Waals surface area contributed by atoms with Crippen molar-refractivity contribution in [2.24, 2.45) is 0 Å². The first kappa shape index (κ1) is 15.5. The van der Waals surface area contributed by atoms with Crippen molar-refractivity contribution in [3.63, 3.8) is 0 Å². The molecule has 1 atom stereocenters. The number of rotatable bonds is 5. The lowest BCUT2D eigenvalue weighted by Crippen LogP contribution is -2.37. The number of likely N-dealkylation sites (tertiary alicyclic amines) is 1. The highest BCUT2D eigenvalue weighted by Crippen LogP contribution is 2.29. The van der Waals surface area contributed by atoms with Crippen LogP contribution in [0.4, 0.5) is 4.79 Å². The lowest BCUT2D eigenvalue weighted by molar-refractivity contribution is 0.103. The molecule has 23 heavy (non-hydrogen) atoms. The van der Waals surface area contributed by atoms with Crippen molar-refractivity contribution in [3.8, 4) is 0 Å². The van der Waals surface area contributed by atoms with Crippen molar-refractivity contribution >= 4 is 6.09 Å². The molecule has 3 rings (SSSR count). The molecule has 0 bridgehead atoms. The highest BCUT2D eigenvalue weighted by atomic mass is 16.5. The minimum Gasteiger partial charge on any atom is -0.465 e. The molecule has 1 aliphatic rings. The number of piperidine rings is 1. The van der Waals surface area contributed by atoms with Crippen molar-refractivity contribution in [2.75, 3.05) is 6.54 Å². The van der Waals surface area contributed by atoms with Gasteiger partial charge in [-0.3, -0.25) is 4.90 Å². The average Bonchev–Trinajstić information content (AvgIpc) is 3.04. The second kappa shape index (κ2) is 7.26. The van der Waals surface area contributed by atoms with E-state index in [2.05, 4.69) is 22.3 Å². The van der Waals surface area contributed by atoms with Gasteiger partial charge in [-0.25, -0.2) is 4.79 Å². The molecule has 2 aromatic rings. The zero-order chi connectivity index (χ0) is 16.1. The van der Waals surface area contributed by atoms with Gasteiger partial charge in [0.05, 0.1) is 6.04 Å². The molecule has 0 spiro atoms. The van der Waals surface area contributed by atoms with Crippen LogP contribution in [0.3, 0.4) is 0 Å². The summed E-state index contributed by atoms with van der Waals surface area (Å²) in [5.41, 5.74) is 1.29. The fourth-order valence-electron chi connectivity index (χ4n) is 3.02. The zero-order valence-corrected chi connectivity index (χ0v) is 13.0. The van der Waals surface area contributed by atoms with Crippen molar-refractivity contribution in [3.05, 3.63) is 47.6 Å². The summed E-state index contributed by atoms with van der Waals surface area (Å²) < 4.78 is 5.30. The van der Waals surface area contributed by atoms with Gasteiger partial charge < -0.3 is 9.63 Å². The van der Waals surface area contributed by atoms with Gasteiger partial charge in [0.1, 0.15) is 0 Å². The molecule has 6 heteroatoms. The van der Waals surface area contributed by atoms with Crippen LogP contribution in [0, 0.1) is 0 Å². The number of hydrogen-bond acceptors (Lipinski definition) is 4. The van der Waals surface area contributed by atoms with E-state index in [4.69, 9.17) is 4.52 Å². The minimum atomic E-state index is -0.912. The summed E-state index contributed by atoms with van der Waals surface area (Å²) in [6, 6.07) is 10.0. The molecule has 2 heterocycles. The second-order valence-corrected chi connectivity index (χ2v) is 5.87. The maximum atomic E-state index is 11.3. The lowest BCUT2D eigenvalue weighted by atomic mass is 10.0. The fourth-order valence-corrected chi connectivity index (χ4v) is 3.02. The molecule has 1 unspecified atom stereocenters. The van der Waals surface area contributed by atoms with Gasteiger partial charge in [0.25, 0.3) is 0 Å². The summed E-state index contributed by atoms with van der Waals surface area (Å²) in [5, 5.41) is 13.3. The first-order chi connectivity index (χ1) is 11.2. The minimum absolute atomic E-state index is 0.270. The van der Waals surface area contributed by atoms with Crippen LogP contribution in [-0.2, 0) is 12.8 Å². The maximum Gasteiger partial charge on any atom is 0.407 e. The maximum absolute atomic E-state index is 11.3. The van der Waals surface area contributed by atoms with E-state index in [1.165, 1.54) is 10.5 Å². The predicted molar refractivity (Wildman–Crippen MR) is 84.1 cm³/mol. The number of carboxylic acid groups (broad SMARTS) is 1. The van der Waals surface area contributed by atoms with Gasteiger partial charge in [-0.05, 0) is 37.7 Å². The number of carbonyl (C=O) groups is 1. The molecular formula is C17H21N3O3. The third-order valence-corrected chi connectivity index (χ3v) is 4.23. The van der Waals surface area contributed by atoms with Crippen LogP contribution >= 0.6 is 0 Å². The van der Waals surface area contributed by atoms with Crippen LogP contribution in [0.2, 0.25) is 0 Å². The van der Waals surface area contributed by atoms with Crippen molar-refractivity contribution in [1.29, 1.82) is 0 Å². The Hall–Kier alpha value is -2.37. The van der Waals surface area contributed by atoms with Gasteiger partial charge in [0.2, 0.25) is 5.89 Å². The van der Waals surface area contributed by atoms with Gasteiger partial charge in [-0.1, -0.05) is 35.5 Å². The molecule has 1 aliphatic heterocycles. The van der Waals surface area contributed by atoms with Crippen LogP contribution in [-0.4, -0.2) is 32.8 Å². The molecule has 1 amide bonds. The Balaban J connectivity index is 1.58. The zero-order valence-electron chi connectivity index (χ0n) is 13.0. The standard InChI is InChI=1S/C17H21N3O3/c21-17(22)20-12-5-4-10-14(20)16-18-15(23-19-16)11-6-9-13-7-2-1-3-8-13/h1-3,7-8,14H,4-6,9-12H2,(H,21,22). The fraction of sp³-hybridized carbons (Fsp3) is 0.471. The molecular weight excluding hydrogens is 294 g/mol. The number of benzene rings is 1. The number of nitrogens with zero attached hydrogens (tertiary/aromatic N) is 3. The van der Waals surface area contributed by atoms with Crippen LogP contribution in [0.15, 0.2) is 34.9 Å². The monoisotopic (exact) mass is 315 g/mol. The molecule has 1 aromatic carbocycles. The molecule has 0 radical (unpaired) electrons. The van der Waals surface area contributed by atoms with Crippen molar-refractivity contribution in [1.82, 2.24) is 15.0 Å². The van der Waals surface area contributed by atoms with E-state index in [-0.39, 0.29) is 6.04 Å². The van der Waals surface area contributed by atoms with Crippen molar-refractivity contribution < 1.29 is 14.4 Å². The summed E-state index contributed by atoms with van der Waals surface area (Å²) in [6.07, 6.45) is 4.33. The van der Waals surface area contributed by atoms with E-state index in [9.17, 15) is 9.90 Å². The topological polar surface area (TPSA) is 79.5 Å². The van der Waals surface area contributed by atoms with E-state index < -0.39 is 6.09 Å². The van der Waals surface area contributed by atoms with Gasteiger partial charge >= 0.3 is 6.09 Å². The second-order valence-electron chi connectivity index (χ2n) is 5.87. The average molecular weight is 315 g/mol. The van der Waals surface area contributed by atoms with Crippen LogP contribution in [0.25, 0.3) is 0 Å². The van der Waals surface area contributed by atoms with E-state index in [1.54, 1.807) is 0 Å². The number of aryl methyl sites for hydroxylation is 2. The number of aromatic nitrogens is 2. The molecule has 1 fully saturated rings. The van der Waals surface area contributed by atoms with E-state index >= 15 is 0 Å². The molecule has 1 N–H and O–H groups in total. The van der Waals surface area contributed by atoms with Crippen LogP contribution < -0.4 is 0 Å². The lowest BCUT2D eigenvalue weighted by Gasteiger charge is -2.31. The summed E-state index contributed by atoms with van der Waals surface area (Å²) in [6.45, 7) is 0.540. The highest BCUT2D eigenvalue weighted by Gasteiger charge is 2.31. The van der Waals surface area contributed by atoms with E-state index in [1.807, 2.05) is 18.2 Å². The molecule has 0 aliphatic carbocycles. The largest absolute Gasteiger partial charge is 0.465 e. The number of hydrogen-bond donors (Lipinski definition) is 1. The molecule has 1 saturated heterocycles. The quantitative estimate of drug-likeness (QED) is 0.914. The Bertz CT molecular complexity index is 642. The molecule has 1 aromatic heterocycles. The molecule has 0 saturated carbocycles. The Morgan fingerprint density at radius 1 is 1.26 bits per heavy atom. The predicted octanol–water partition coefficient (Wildman–Crippen LogP) is 3.45. The Labute approximate surface area is 135 Å². The number of amides is 1. The van der Waals surface area contributed by atoms with Crippen LogP contribution in [0.5, 0.6) is 0 Å².